The molecule has 2 rings (SSSR count). The summed E-state index contributed by atoms with van der Waals surface area (Å²) >= 11 is 0. The van der Waals surface area contributed by atoms with Crippen molar-refractivity contribution in [2.75, 3.05) is 26.8 Å². The Bertz CT molecular complexity index is 662. The molecule has 0 spiro atoms. The first-order chi connectivity index (χ1) is 12.8. The summed E-state index contributed by atoms with van der Waals surface area (Å²) in [6.45, 7) is 5.41. The van der Waals surface area contributed by atoms with E-state index >= 15 is 0 Å². The number of nitrogens with zero attached hydrogens (tertiary/aromatic N) is 1. The number of aryl methyl sites for hydroxylation is 1. The number of halogens is 1. The van der Waals surface area contributed by atoms with Crippen LogP contribution in [0.2, 0.25) is 0 Å². The van der Waals surface area contributed by atoms with Crippen LogP contribution in [-0.4, -0.2) is 32.8 Å². The first-order valence-corrected chi connectivity index (χ1v) is 9.40. The first-order valence-electron chi connectivity index (χ1n) is 9.40. The maximum atomic E-state index is 5.72. The van der Waals surface area contributed by atoms with Gasteiger partial charge in [-0.05, 0) is 42.9 Å². The van der Waals surface area contributed by atoms with Crippen LogP contribution in [0.25, 0.3) is 0 Å². The van der Waals surface area contributed by atoms with Crippen LogP contribution in [0.1, 0.15) is 29.5 Å². The van der Waals surface area contributed by atoms with E-state index in [-0.39, 0.29) is 24.0 Å². The van der Waals surface area contributed by atoms with Crippen LogP contribution in [0, 0.1) is 6.92 Å². The van der Waals surface area contributed by atoms with Gasteiger partial charge in [0.1, 0.15) is 0 Å². The lowest BCUT2D eigenvalue weighted by Gasteiger charge is -2.13. The fraction of sp³-hybridized carbons (Fsp3) is 0.409. The summed E-state index contributed by atoms with van der Waals surface area (Å²) in [6, 6.07) is 18.9. The molecule has 0 fully saturated rings. The molecule has 0 radical (unpaired) electrons. The molecule has 2 aromatic carbocycles. The highest BCUT2D eigenvalue weighted by atomic mass is 127. The van der Waals surface area contributed by atoms with Crippen molar-refractivity contribution >= 4 is 29.9 Å². The van der Waals surface area contributed by atoms with E-state index in [1.165, 1.54) is 16.7 Å². The second-order valence-electron chi connectivity index (χ2n) is 6.33. The number of aliphatic imine (C=N–C) groups is 1. The molecule has 0 saturated carbocycles. The molecule has 0 unspecified atom stereocenters. The number of rotatable bonds is 10. The SMILES string of the molecule is CN=C(NCCCCOCCc1ccccc1)NCc1ccccc1C.I. The normalized spacial score (nSPS) is 11.0. The van der Waals surface area contributed by atoms with Crippen molar-refractivity contribution in [2.45, 2.75) is 32.7 Å². The van der Waals surface area contributed by atoms with Crippen molar-refractivity contribution < 1.29 is 4.74 Å². The third-order valence-corrected chi connectivity index (χ3v) is 4.32. The van der Waals surface area contributed by atoms with Gasteiger partial charge < -0.3 is 15.4 Å². The number of hydrogen-bond donors (Lipinski definition) is 2. The number of hydrogen-bond acceptors (Lipinski definition) is 2. The quantitative estimate of drug-likeness (QED) is 0.230. The Morgan fingerprint density at radius 3 is 2.41 bits per heavy atom. The van der Waals surface area contributed by atoms with E-state index in [0.717, 1.165) is 51.5 Å². The molecule has 0 aliphatic rings. The van der Waals surface area contributed by atoms with Gasteiger partial charge in [-0.25, -0.2) is 0 Å². The van der Waals surface area contributed by atoms with Gasteiger partial charge in [0.25, 0.3) is 0 Å². The molecule has 0 amide bonds. The maximum absolute atomic E-state index is 5.72. The molecule has 2 N–H and O–H groups in total. The molecule has 0 bridgehead atoms. The van der Waals surface area contributed by atoms with Gasteiger partial charge in [0.05, 0.1) is 6.61 Å². The number of benzene rings is 2. The molecule has 0 aliphatic carbocycles. The van der Waals surface area contributed by atoms with E-state index in [1.807, 2.05) is 6.07 Å². The van der Waals surface area contributed by atoms with Crippen molar-refractivity contribution in [1.82, 2.24) is 10.6 Å². The minimum atomic E-state index is 0. The number of nitrogens with one attached hydrogen (secondary N) is 2. The van der Waals surface area contributed by atoms with Gasteiger partial charge in [-0.2, -0.15) is 0 Å². The molecule has 0 heterocycles. The Morgan fingerprint density at radius 2 is 1.67 bits per heavy atom. The predicted molar refractivity (Wildman–Crippen MR) is 125 cm³/mol. The monoisotopic (exact) mass is 481 g/mol. The number of unbranched alkanes of at least 4 members (excludes halogenated alkanes) is 1. The Balaban J connectivity index is 0.00000364. The van der Waals surface area contributed by atoms with Gasteiger partial charge >= 0.3 is 0 Å². The molecule has 5 heteroatoms. The zero-order chi connectivity index (χ0) is 18.5. The van der Waals surface area contributed by atoms with E-state index < -0.39 is 0 Å². The van der Waals surface area contributed by atoms with E-state index in [1.54, 1.807) is 7.05 Å². The summed E-state index contributed by atoms with van der Waals surface area (Å²) in [4.78, 5) is 4.28. The summed E-state index contributed by atoms with van der Waals surface area (Å²) in [6.07, 6.45) is 3.10. The number of guanidine groups is 1. The number of ether oxygens (including phenoxy) is 1. The molecule has 0 aromatic heterocycles. The molecule has 0 saturated heterocycles. The van der Waals surface area contributed by atoms with Gasteiger partial charge in [-0.15, -0.1) is 24.0 Å². The fourth-order valence-corrected chi connectivity index (χ4v) is 2.68. The van der Waals surface area contributed by atoms with Gasteiger partial charge in [-0.3, -0.25) is 4.99 Å². The standard InChI is InChI=1S/C22H31N3O.HI/c1-19-10-6-7-13-21(19)18-25-22(23-2)24-15-8-9-16-26-17-14-20-11-4-3-5-12-20;/h3-7,10-13H,8-9,14-18H2,1-2H3,(H2,23,24,25);1H. The van der Waals surface area contributed by atoms with Gasteiger partial charge in [0.15, 0.2) is 5.96 Å². The second kappa shape index (κ2) is 14.5. The molecular weight excluding hydrogens is 449 g/mol. The molecule has 27 heavy (non-hydrogen) atoms. The highest BCUT2D eigenvalue weighted by Gasteiger charge is 2.00. The Kier molecular flexibility index (Phi) is 12.6. The summed E-state index contributed by atoms with van der Waals surface area (Å²) < 4.78 is 5.72. The molecule has 0 aliphatic heterocycles. The highest BCUT2D eigenvalue weighted by Crippen LogP contribution is 2.05. The third kappa shape index (κ3) is 9.77. The van der Waals surface area contributed by atoms with Crippen LogP contribution in [0.5, 0.6) is 0 Å². The summed E-state index contributed by atoms with van der Waals surface area (Å²) in [5, 5.41) is 6.72. The van der Waals surface area contributed by atoms with Crippen molar-refractivity contribution in [3.63, 3.8) is 0 Å². The molecule has 148 valence electrons. The predicted octanol–water partition coefficient (Wildman–Crippen LogP) is 4.32. The molecule has 2 aromatic rings. The van der Waals surface area contributed by atoms with E-state index in [4.69, 9.17) is 4.74 Å². The molecule has 0 atom stereocenters. The Hall–Kier alpha value is -1.60. The lowest BCUT2D eigenvalue weighted by atomic mass is 10.1. The van der Waals surface area contributed by atoms with Gasteiger partial charge in [-0.1, -0.05) is 54.6 Å². The van der Waals surface area contributed by atoms with Gasteiger partial charge in [0, 0.05) is 26.7 Å². The first kappa shape index (κ1) is 23.4. The Labute approximate surface area is 180 Å². The average molecular weight is 481 g/mol. The fourth-order valence-electron chi connectivity index (χ4n) is 2.68. The lowest BCUT2D eigenvalue weighted by molar-refractivity contribution is 0.133. The largest absolute Gasteiger partial charge is 0.381 e. The Morgan fingerprint density at radius 1 is 0.926 bits per heavy atom. The summed E-state index contributed by atoms with van der Waals surface area (Å²) in [7, 11) is 1.81. The summed E-state index contributed by atoms with van der Waals surface area (Å²) in [5.41, 5.74) is 3.92. The average Bonchev–Trinajstić information content (AvgIpc) is 2.68. The second-order valence-corrected chi connectivity index (χ2v) is 6.33. The van der Waals surface area contributed by atoms with Crippen LogP contribution in [0.15, 0.2) is 59.6 Å². The van der Waals surface area contributed by atoms with Crippen LogP contribution in [-0.2, 0) is 17.7 Å². The van der Waals surface area contributed by atoms with E-state index in [2.05, 4.69) is 71.1 Å². The van der Waals surface area contributed by atoms with E-state index in [9.17, 15) is 0 Å². The van der Waals surface area contributed by atoms with Crippen LogP contribution in [0.4, 0.5) is 0 Å². The van der Waals surface area contributed by atoms with Crippen LogP contribution >= 0.6 is 24.0 Å². The smallest absolute Gasteiger partial charge is 0.191 e. The zero-order valence-electron chi connectivity index (χ0n) is 16.4. The van der Waals surface area contributed by atoms with Crippen molar-refractivity contribution in [2.24, 2.45) is 4.99 Å². The molecular formula is C22H32IN3O. The minimum Gasteiger partial charge on any atom is -0.381 e. The van der Waals surface area contributed by atoms with Crippen LogP contribution < -0.4 is 10.6 Å². The van der Waals surface area contributed by atoms with Crippen molar-refractivity contribution in [3.8, 4) is 0 Å². The van der Waals surface area contributed by atoms with Crippen LogP contribution in [0.3, 0.4) is 0 Å². The van der Waals surface area contributed by atoms with Crippen molar-refractivity contribution in [3.05, 3.63) is 71.3 Å². The maximum Gasteiger partial charge on any atom is 0.191 e. The minimum absolute atomic E-state index is 0. The third-order valence-electron chi connectivity index (χ3n) is 4.32. The van der Waals surface area contributed by atoms with E-state index in [0.29, 0.717) is 0 Å². The molecule has 4 nitrogen and oxygen atoms in total. The zero-order valence-corrected chi connectivity index (χ0v) is 18.7. The van der Waals surface area contributed by atoms with Crippen molar-refractivity contribution in [1.29, 1.82) is 0 Å². The highest BCUT2D eigenvalue weighted by molar-refractivity contribution is 14.0. The summed E-state index contributed by atoms with van der Waals surface area (Å²) in [5.74, 6) is 0.846. The van der Waals surface area contributed by atoms with Gasteiger partial charge in [0.2, 0.25) is 0 Å². The lowest BCUT2D eigenvalue weighted by Crippen LogP contribution is -2.37. The topological polar surface area (TPSA) is 45.7 Å².